The molecule has 1 heterocycles. The maximum Gasteiger partial charge on any atom is 0.123 e. The van der Waals surface area contributed by atoms with Gasteiger partial charge in [-0.15, -0.1) is 0 Å². The van der Waals surface area contributed by atoms with Crippen molar-refractivity contribution in [3.05, 3.63) is 35.5 Å². The van der Waals surface area contributed by atoms with Gasteiger partial charge >= 0.3 is 0 Å². The number of nitrogens with one attached hydrogen (secondary N) is 1. The van der Waals surface area contributed by atoms with Crippen LogP contribution in [0.5, 0.6) is 0 Å². The lowest BCUT2D eigenvalue weighted by atomic mass is 9.92. The molecule has 1 aromatic heterocycles. The topological polar surface area (TPSA) is 50.9 Å². The Labute approximate surface area is 116 Å². The Hall–Kier alpha value is -1.35. The number of nitrogens with zero attached hydrogens (tertiary/aromatic N) is 1. The molecule has 2 rings (SSSR count). The fourth-order valence-electron chi connectivity index (χ4n) is 2.82. The average molecular weight is 259 g/mol. The summed E-state index contributed by atoms with van der Waals surface area (Å²) in [5.41, 5.74) is 8.65. The van der Waals surface area contributed by atoms with Crippen LogP contribution in [-0.2, 0) is 6.42 Å². The van der Waals surface area contributed by atoms with E-state index in [2.05, 4.69) is 29.4 Å². The second-order valence-electron chi connectivity index (χ2n) is 5.36. The molecule has 1 unspecified atom stereocenters. The van der Waals surface area contributed by atoms with E-state index in [1.165, 1.54) is 31.2 Å². The van der Waals surface area contributed by atoms with E-state index in [-0.39, 0.29) is 0 Å². The summed E-state index contributed by atoms with van der Waals surface area (Å²) in [5.74, 6) is 0.615. The van der Waals surface area contributed by atoms with Crippen molar-refractivity contribution < 1.29 is 0 Å². The fourth-order valence-corrected chi connectivity index (χ4v) is 2.82. The number of hydrogen-bond acceptors (Lipinski definition) is 3. The smallest absolute Gasteiger partial charge is 0.123 e. The lowest BCUT2D eigenvalue weighted by molar-refractivity contribution is 0.504. The van der Waals surface area contributed by atoms with Crippen LogP contribution in [-0.4, -0.2) is 17.6 Å². The summed E-state index contributed by atoms with van der Waals surface area (Å²) < 4.78 is 0. The Bertz CT molecular complexity index is 426. The molecule has 3 heteroatoms. The van der Waals surface area contributed by atoms with Crippen molar-refractivity contribution in [2.75, 3.05) is 12.3 Å². The number of anilines is 1. The van der Waals surface area contributed by atoms with Gasteiger partial charge in [0.1, 0.15) is 5.82 Å². The van der Waals surface area contributed by atoms with Crippen LogP contribution in [0.15, 0.2) is 30.0 Å². The van der Waals surface area contributed by atoms with Crippen molar-refractivity contribution in [3.8, 4) is 0 Å². The van der Waals surface area contributed by atoms with Gasteiger partial charge < -0.3 is 11.1 Å². The highest BCUT2D eigenvalue weighted by Gasteiger charge is 2.13. The Balaban J connectivity index is 1.97. The molecule has 0 spiro atoms. The zero-order valence-electron chi connectivity index (χ0n) is 11.9. The summed E-state index contributed by atoms with van der Waals surface area (Å²) in [4.78, 5) is 4.05. The zero-order chi connectivity index (χ0) is 13.5. The molecular formula is C16H25N3. The van der Waals surface area contributed by atoms with Crippen molar-refractivity contribution in [1.82, 2.24) is 10.3 Å². The Kier molecular flexibility index (Phi) is 5.40. The first-order chi connectivity index (χ1) is 9.28. The monoisotopic (exact) mass is 259 g/mol. The molecular weight excluding hydrogens is 234 g/mol. The molecule has 0 aliphatic heterocycles. The normalized spacial score (nSPS) is 17.0. The molecule has 0 aromatic carbocycles. The minimum atomic E-state index is 0.510. The predicted molar refractivity (Wildman–Crippen MR) is 81.0 cm³/mol. The zero-order valence-corrected chi connectivity index (χ0v) is 11.9. The van der Waals surface area contributed by atoms with Crippen LogP contribution in [0.2, 0.25) is 0 Å². The molecule has 1 aromatic rings. The number of hydrogen-bond donors (Lipinski definition) is 2. The van der Waals surface area contributed by atoms with E-state index in [1.54, 1.807) is 11.8 Å². The van der Waals surface area contributed by atoms with Crippen molar-refractivity contribution in [2.45, 2.75) is 51.5 Å². The Morgan fingerprint density at radius 3 is 2.95 bits per heavy atom. The van der Waals surface area contributed by atoms with Gasteiger partial charge in [-0.1, -0.05) is 18.6 Å². The van der Waals surface area contributed by atoms with Crippen molar-refractivity contribution in [1.29, 1.82) is 0 Å². The van der Waals surface area contributed by atoms with Gasteiger partial charge in [-0.05, 0) is 62.8 Å². The van der Waals surface area contributed by atoms with Gasteiger partial charge in [-0.25, -0.2) is 4.98 Å². The van der Waals surface area contributed by atoms with Crippen molar-refractivity contribution >= 4 is 5.82 Å². The van der Waals surface area contributed by atoms with E-state index in [0.717, 1.165) is 19.4 Å². The number of nitrogen functional groups attached to an aromatic ring is 1. The lowest BCUT2D eigenvalue weighted by Gasteiger charge is -2.21. The molecule has 104 valence electrons. The van der Waals surface area contributed by atoms with Crippen LogP contribution in [0.25, 0.3) is 0 Å². The van der Waals surface area contributed by atoms with E-state index in [4.69, 9.17) is 5.73 Å². The van der Waals surface area contributed by atoms with Gasteiger partial charge in [0.25, 0.3) is 0 Å². The lowest BCUT2D eigenvalue weighted by Crippen LogP contribution is -2.31. The molecule has 3 nitrogen and oxygen atoms in total. The van der Waals surface area contributed by atoms with Gasteiger partial charge in [-0.3, -0.25) is 0 Å². The Morgan fingerprint density at radius 2 is 2.26 bits per heavy atom. The van der Waals surface area contributed by atoms with Crippen LogP contribution < -0.4 is 11.1 Å². The summed E-state index contributed by atoms with van der Waals surface area (Å²) in [7, 11) is 0. The van der Waals surface area contributed by atoms with Gasteiger partial charge in [-0.2, -0.15) is 0 Å². The highest BCUT2D eigenvalue weighted by molar-refractivity contribution is 5.32. The highest BCUT2D eigenvalue weighted by Crippen LogP contribution is 2.22. The maximum atomic E-state index is 5.75. The molecule has 3 N–H and O–H groups in total. The van der Waals surface area contributed by atoms with Crippen molar-refractivity contribution in [3.63, 3.8) is 0 Å². The molecule has 1 atom stereocenters. The van der Waals surface area contributed by atoms with Gasteiger partial charge in [0.15, 0.2) is 0 Å². The summed E-state index contributed by atoms with van der Waals surface area (Å²) in [6.07, 6.45) is 11.7. The number of pyridine rings is 1. The number of nitrogens with two attached hydrogens (primary N) is 1. The minimum Gasteiger partial charge on any atom is -0.384 e. The molecule has 0 saturated heterocycles. The van der Waals surface area contributed by atoms with Crippen LogP contribution >= 0.6 is 0 Å². The van der Waals surface area contributed by atoms with Crippen LogP contribution in [0.4, 0.5) is 5.82 Å². The van der Waals surface area contributed by atoms with Crippen LogP contribution in [0.1, 0.15) is 44.6 Å². The second-order valence-corrected chi connectivity index (χ2v) is 5.36. The number of rotatable bonds is 6. The van der Waals surface area contributed by atoms with E-state index in [1.807, 2.05) is 6.07 Å². The number of aromatic nitrogens is 1. The molecule has 0 fully saturated rings. The summed E-state index contributed by atoms with van der Waals surface area (Å²) in [6.45, 7) is 3.18. The fraction of sp³-hybridized carbons (Fsp3) is 0.562. The first-order valence-corrected chi connectivity index (χ1v) is 7.39. The number of likely N-dealkylation sites (N-methyl/N-ethyl adjacent to an activating group) is 1. The second kappa shape index (κ2) is 7.29. The summed E-state index contributed by atoms with van der Waals surface area (Å²) in [6, 6.07) is 4.56. The van der Waals surface area contributed by atoms with Crippen molar-refractivity contribution in [2.24, 2.45) is 0 Å². The summed E-state index contributed by atoms with van der Waals surface area (Å²) in [5, 5.41) is 3.60. The molecule has 19 heavy (non-hydrogen) atoms. The molecule has 0 amide bonds. The third-order valence-corrected chi connectivity index (χ3v) is 3.71. The van der Waals surface area contributed by atoms with Gasteiger partial charge in [0.05, 0.1) is 0 Å². The van der Waals surface area contributed by atoms with Crippen LogP contribution in [0.3, 0.4) is 0 Å². The highest BCUT2D eigenvalue weighted by atomic mass is 14.9. The van der Waals surface area contributed by atoms with E-state index in [9.17, 15) is 0 Å². The third-order valence-electron chi connectivity index (χ3n) is 3.71. The maximum absolute atomic E-state index is 5.75. The Morgan fingerprint density at radius 1 is 1.37 bits per heavy atom. The van der Waals surface area contributed by atoms with Gasteiger partial charge in [0.2, 0.25) is 0 Å². The summed E-state index contributed by atoms with van der Waals surface area (Å²) >= 11 is 0. The molecule has 1 aliphatic rings. The average Bonchev–Trinajstić information content (AvgIpc) is 2.40. The van der Waals surface area contributed by atoms with Gasteiger partial charge in [0, 0.05) is 12.2 Å². The largest absolute Gasteiger partial charge is 0.384 e. The molecule has 0 bridgehead atoms. The predicted octanol–water partition coefficient (Wildman–Crippen LogP) is 3.07. The standard InChI is InChI=1S/C16H25N3/c1-2-18-15(10-13-6-4-3-5-7-13)11-14-8-9-19-16(17)12-14/h6,8-9,12,15,18H,2-5,7,10-11H2,1H3,(H2,17,19). The first kappa shape index (κ1) is 14.1. The molecule has 1 aliphatic carbocycles. The van der Waals surface area contributed by atoms with E-state index < -0.39 is 0 Å². The SMILES string of the molecule is CCNC(CC1=CCCCC1)Cc1ccnc(N)c1. The molecule has 0 saturated carbocycles. The van der Waals surface area contributed by atoms with E-state index in [0.29, 0.717) is 11.9 Å². The van der Waals surface area contributed by atoms with E-state index >= 15 is 0 Å². The number of allylic oxidation sites excluding steroid dienone is 1. The molecule has 0 radical (unpaired) electrons. The first-order valence-electron chi connectivity index (χ1n) is 7.39. The quantitative estimate of drug-likeness (QED) is 0.772. The minimum absolute atomic E-state index is 0.510. The third kappa shape index (κ3) is 4.67. The van der Waals surface area contributed by atoms with Crippen LogP contribution in [0, 0.1) is 0 Å².